The van der Waals surface area contributed by atoms with Gasteiger partial charge in [0.25, 0.3) is 0 Å². The minimum Gasteiger partial charge on any atom is -0.349 e. The Morgan fingerprint density at radius 3 is 2.00 bits per heavy atom. The van der Waals surface area contributed by atoms with Gasteiger partial charge in [-0.1, -0.05) is 34.6 Å². The Hall–Kier alpha value is -0.790. The summed E-state index contributed by atoms with van der Waals surface area (Å²) in [4.78, 5) is 6.81. The minimum absolute atomic E-state index is 1.04. The van der Waals surface area contributed by atoms with E-state index in [1.165, 1.54) is 5.69 Å². The number of hydrogen-bond acceptors (Lipinski definition) is 1. The summed E-state index contributed by atoms with van der Waals surface area (Å²) >= 11 is 0. The number of nitrogens with one attached hydrogen (secondary N) is 1. The Kier molecular flexibility index (Phi) is 13.9. The van der Waals surface area contributed by atoms with Crippen molar-refractivity contribution in [3.8, 4) is 0 Å². The summed E-state index contributed by atoms with van der Waals surface area (Å²) in [6, 6.07) is 0. The molecule has 0 amide bonds. The lowest BCUT2D eigenvalue weighted by molar-refractivity contribution is 1.06. The van der Waals surface area contributed by atoms with Crippen LogP contribution in [0.3, 0.4) is 0 Å². The van der Waals surface area contributed by atoms with Gasteiger partial charge in [0.05, 0.1) is 6.33 Å². The standard InChI is InChI=1S/C5H8N2.2C2H6/c1-2-5-3-6-4-7-5;2*1-2/h3-4H,2H2,1H3,(H,6,7);2*1-2H3. The van der Waals surface area contributed by atoms with Crippen LogP contribution in [0.5, 0.6) is 0 Å². The summed E-state index contributed by atoms with van der Waals surface area (Å²) in [6.45, 7) is 10.1. The molecule has 0 aliphatic heterocycles. The molecule has 1 rings (SSSR count). The van der Waals surface area contributed by atoms with Gasteiger partial charge in [0.2, 0.25) is 0 Å². The summed E-state index contributed by atoms with van der Waals surface area (Å²) in [6.07, 6.45) is 4.57. The van der Waals surface area contributed by atoms with Crippen LogP contribution in [-0.4, -0.2) is 9.97 Å². The molecule has 11 heavy (non-hydrogen) atoms. The summed E-state index contributed by atoms with van der Waals surface area (Å²) in [5, 5.41) is 0. The fraction of sp³-hybridized carbons (Fsp3) is 0.667. The maximum absolute atomic E-state index is 3.84. The number of aromatic nitrogens is 2. The van der Waals surface area contributed by atoms with Crippen LogP contribution >= 0.6 is 0 Å². The molecule has 0 saturated heterocycles. The van der Waals surface area contributed by atoms with E-state index in [2.05, 4.69) is 16.9 Å². The normalized spacial score (nSPS) is 7.00. The van der Waals surface area contributed by atoms with Crippen molar-refractivity contribution < 1.29 is 0 Å². The molecule has 66 valence electrons. The van der Waals surface area contributed by atoms with Crippen LogP contribution in [0.4, 0.5) is 0 Å². The van der Waals surface area contributed by atoms with Gasteiger partial charge in [0.1, 0.15) is 0 Å². The third kappa shape index (κ3) is 7.10. The lowest BCUT2D eigenvalue weighted by atomic mass is 10.4. The van der Waals surface area contributed by atoms with Crippen molar-refractivity contribution in [1.82, 2.24) is 9.97 Å². The first-order valence-electron chi connectivity index (χ1n) is 4.40. The van der Waals surface area contributed by atoms with E-state index in [0.29, 0.717) is 0 Å². The summed E-state index contributed by atoms with van der Waals surface area (Å²) in [5.74, 6) is 0. The molecule has 0 saturated carbocycles. The predicted molar refractivity (Wildman–Crippen MR) is 50.7 cm³/mol. The van der Waals surface area contributed by atoms with Crippen molar-refractivity contribution in [1.29, 1.82) is 0 Å². The number of imidazole rings is 1. The van der Waals surface area contributed by atoms with E-state index >= 15 is 0 Å². The molecule has 0 fully saturated rings. The quantitative estimate of drug-likeness (QED) is 0.665. The number of nitrogens with zero attached hydrogens (tertiary/aromatic N) is 1. The monoisotopic (exact) mass is 156 g/mol. The molecule has 0 aromatic carbocycles. The van der Waals surface area contributed by atoms with Crippen molar-refractivity contribution in [2.75, 3.05) is 0 Å². The highest BCUT2D eigenvalue weighted by Crippen LogP contribution is 1.88. The molecule has 0 unspecified atom stereocenters. The third-order valence-electron chi connectivity index (χ3n) is 0.936. The highest BCUT2D eigenvalue weighted by Gasteiger charge is 1.82. The van der Waals surface area contributed by atoms with Crippen LogP contribution in [-0.2, 0) is 6.42 Å². The van der Waals surface area contributed by atoms with Gasteiger partial charge in [-0.25, -0.2) is 4.98 Å². The first-order chi connectivity index (χ1) is 5.43. The van der Waals surface area contributed by atoms with E-state index in [9.17, 15) is 0 Å². The van der Waals surface area contributed by atoms with Gasteiger partial charge in [0, 0.05) is 11.9 Å². The number of hydrogen-bond donors (Lipinski definition) is 1. The maximum Gasteiger partial charge on any atom is 0.0921 e. The number of aromatic amines is 1. The van der Waals surface area contributed by atoms with Crippen molar-refractivity contribution in [3.63, 3.8) is 0 Å². The predicted octanol–water partition coefficient (Wildman–Crippen LogP) is 3.02. The molecule has 0 aliphatic rings. The molecule has 1 aromatic rings. The van der Waals surface area contributed by atoms with Crippen molar-refractivity contribution in [2.24, 2.45) is 0 Å². The van der Waals surface area contributed by atoms with Crippen LogP contribution < -0.4 is 0 Å². The topological polar surface area (TPSA) is 28.7 Å². The van der Waals surface area contributed by atoms with Crippen LogP contribution in [0.15, 0.2) is 12.5 Å². The van der Waals surface area contributed by atoms with Crippen LogP contribution in [0.25, 0.3) is 0 Å². The molecule has 0 atom stereocenters. The van der Waals surface area contributed by atoms with E-state index in [4.69, 9.17) is 0 Å². The van der Waals surface area contributed by atoms with E-state index < -0.39 is 0 Å². The Morgan fingerprint density at radius 1 is 1.27 bits per heavy atom. The SMILES string of the molecule is CC.CC.CCc1cnc[nH]1. The summed E-state index contributed by atoms with van der Waals surface area (Å²) < 4.78 is 0. The van der Waals surface area contributed by atoms with Gasteiger partial charge >= 0.3 is 0 Å². The molecule has 1 aromatic heterocycles. The first kappa shape index (κ1) is 12.8. The second kappa shape index (κ2) is 11.9. The molecule has 0 radical (unpaired) electrons. The van der Waals surface area contributed by atoms with Crippen LogP contribution in [0.1, 0.15) is 40.3 Å². The van der Waals surface area contributed by atoms with Crippen LogP contribution in [0.2, 0.25) is 0 Å². The van der Waals surface area contributed by atoms with E-state index in [-0.39, 0.29) is 0 Å². The second-order valence-corrected chi connectivity index (χ2v) is 1.43. The molecular formula is C9H20N2. The Balaban J connectivity index is 0. The number of rotatable bonds is 1. The van der Waals surface area contributed by atoms with Crippen molar-refractivity contribution in [3.05, 3.63) is 18.2 Å². The molecule has 0 spiro atoms. The van der Waals surface area contributed by atoms with Gasteiger partial charge < -0.3 is 4.98 Å². The van der Waals surface area contributed by atoms with Crippen molar-refractivity contribution in [2.45, 2.75) is 41.0 Å². The average Bonchev–Trinajstić information content (AvgIpc) is 2.63. The average molecular weight is 156 g/mol. The highest BCUT2D eigenvalue weighted by molar-refractivity contribution is 4.92. The van der Waals surface area contributed by atoms with Gasteiger partial charge in [-0.2, -0.15) is 0 Å². The number of aryl methyl sites for hydroxylation is 1. The lowest BCUT2D eigenvalue weighted by Crippen LogP contribution is -1.73. The largest absolute Gasteiger partial charge is 0.349 e. The molecule has 2 nitrogen and oxygen atoms in total. The van der Waals surface area contributed by atoms with E-state index in [1.54, 1.807) is 6.33 Å². The molecular weight excluding hydrogens is 136 g/mol. The molecule has 0 bridgehead atoms. The summed E-state index contributed by atoms with van der Waals surface area (Å²) in [5.41, 5.74) is 1.19. The third-order valence-corrected chi connectivity index (χ3v) is 0.936. The molecule has 1 heterocycles. The maximum atomic E-state index is 3.84. The molecule has 2 heteroatoms. The highest BCUT2D eigenvalue weighted by atomic mass is 14.8. The fourth-order valence-electron chi connectivity index (χ4n) is 0.478. The fourth-order valence-corrected chi connectivity index (χ4v) is 0.478. The van der Waals surface area contributed by atoms with Crippen molar-refractivity contribution >= 4 is 0 Å². The Labute approximate surface area is 70.1 Å². The van der Waals surface area contributed by atoms with Gasteiger partial charge in [-0.3, -0.25) is 0 Å². The zero-order valence-electron chi connectivity index (χ0n) is 8.31. The molecule has 0 aliphatic carbocycles. The van der Waals surface area contributed by atoms with Gasteiger partial charge in [-0.05, 0) is 6.42 Å². The van der Waals surface area contributed by atoms with Crippen LogP contribution in [0, 0.1) is 0 Å². The van der Waals surface area contributed by atoms with E-state index in [0.717, 1.165) is 6.42 Å². The smallest absolute Gasteiger partial charge is 0.0921 e. The zero-order chi connectivity index (χ0) is 9.11. The number of H-pyrrole nitrogens is 1. The Morgan fingerprint density at radius 2 is 1.82 bits per heavy atom. The van der Waals surface area contributed by atoms with Gasteiger partial charge in [-0.15, -0.1) is 0 Å². The minimum atomic E-state index is 1.04. The first-order valence-corrected chi connectivity index (χ1v) is 4.40. The zero-order valence-corrected chi connectivity index (χ0v) is 8.31. The Bertz CT molecular complexity index is 122. The second-order valence-electron chi connectivity index (χ2n) is 1.43. The van der Waals surface area contributed by atoms with E-state index in [1.807, 2.05) is 33.9 Å². The summed E-state index contributed by atoms with van der Waals surface area (Å²) in [7, 11) is 0. The molecule has 1 N–H and O–H groups in total. The van der Waals surface area contributed by atoms with Gasteiger partial charge in [0.15, 0.2) is 0 Å². The lowest BCUT2D eigenvalue weighted by Gasteiger charge is -1.79.